The molecule has 1 heterocycles. The summed E-state index contributed by atoms with van der Waals surface area (Å²) in [6.07, 6.45) is -6.80. The molecule has 4 nitrogen and oxygen atoms in total. The molecule has 1 atom stereocenters. The van der Waals surface area contributed by atoms with Gasteiger partial charge in [-0.1, -0.05) is 12.1 Å². The first-order chi connectivity index (χ1) is 11.2. The Balaban J connectivity index is 1.81. The van der Waals surface area contributed by atoms with Crippen LogP contribution < -0.4 is 5.32 Å². The molecule has 0 bridgehead atoms. The van der Waals surface area contributed by atoms with Gasteiger partial charge < -0.3 is 15.3 Å². The number of piperidine rings is 1. The van der Waals surface area contributed by atoms with E-state index in [0.29, 0.717) is 11.1 Å². The predicted molar refractivity (Wildman–Crippen MR) is 79.7 cm³/mol. The lowest BCUT2D eigenvalue weighted by molar-refractivity contribution is -0.222. The summed E-state index contributed by atoms with van der Waals surface area (Å²) in [6, 6.07) is 4.24. The Labute approximate surface area is 137 Å². The van der Waals surface area contributed by atoms with E-state index in [1.54, 1.807) is 19.1 Å². The summed E-state index contributed by atoms with van der Waals surface area (Å²) in [5.74, 6) is -1.25. The molecule has 2 rings (SSSR count). The van der Waals surface area contributed by atoms with Crippen LogP contribution in [0.15, 0.2) is 18.2 Å². The summed E-state index contributed by atoms with van der Waals surface area (Å²) >= 11 is 0. The van der Waals surface area contributed by atoms with Crippen LogP contribution in [0.1, 0.15) is 24.0 Å². The van der Waals surface area contributed by atoms with Crippen LogP contribution >= 0.6 is 0 Å². The van der Waals surface area contributed by atoms with Gasteiger partial charge in [0.2, 0.25) is 0 Å². The second-order valence-corrected chi connectivity index (χ2v) is 6.05. The van der Waals surface area contributed by atoms with E-state index in [9.17, 15) is 27.5 Å². The van der Waals surface area contributed by atoms with Crippen LogP contribution in [0.4, 0.5) is 22.4 Å². The molecular formula is C16H20F4N2O2. The summed E-state index contributed by atoms with van der Waals surface area (Å²) < 4.78 is 50.9. The van der Waals surface area contributed by atoms with Crippen LogP contribution in [0.2, 0.25) is 0 Å². The van der Waals surface area contributed by atoms with Crippen molar-refractivity contribution in [1.29, 1.82) is 0 Å². The monoisotopic (exact) mass is 348 g/mol. The van der Waals surface area contributed by atoms with Crippen LogP contribution in [0.3, 0.4) is 0 Å². The normalized spacial score (nSPS) is 17.7. The van der Waals surface area contributed by atoms with Crippen LogP contribution in [-0.4, -0.2) is 41.4 Å². The molecule has 8 heteroatoms. The lowest BCUT2D eigenvalue weighted by Crippen LogP contribution is -2.48. The first-order valence-electron chi connectivity index (χ1n) is 7.71. The lowest BCUT2D eigenvalue weighted by atomic mass is 9.91. The van der Waals surface area contributed by atoms with Crippen molar-refractivity contribution in [3.63, 3.8) is 0 Å². The van der Waals surface area contributed by atoms with Crippen molar-refractivity contribution in [2.24, 2.45) is 5.92 Å². The Hall–Kier alpha value is -1.83. The van der Waals surface area contributed by atoms with Gasteiger partial charge in [-0.3, -0.25) is 0 Å². The van der Waals surface area contributed by atoms with Crippen molar-refractivity contribution in [1.82, 2.24) is 10.2 Å². The molecule has 1 unspecified atom stereocenters. The number of aryl methyl sites for hydroxylation is 1. The third-order valence-corrected chi connectivity index (χ3v) is 4.29. The number of hydrogen-bond acceptors (Lipinski definition) is 2. The molecule has 1 aliphatic rings. The number of carbonyl (C=O) groups excluding carboxylic acids is 1. The van der Waals surface area contributed by atoms with Gasteiger partial charge >= 0.3 is 12.2 Å². The summed E-state index contributed by atoms with van der Waals surface area (Å²) in [5, 5.41) is 11.9. The van der Waals surface area contributed by atoms with Crippen molar-refractivity contribution < 1.29 is 27.5 Å². The van der Waals surface area contributed by atoms with Gasteiger partial charge in [-0.25, -0.2) is 9.18 Å². The molecule has 0 aromatic heterocycles. The highest BCUT2D eigenvalue weighted by molar-refractivity contribution is 5.74. The molecule has 2 N–H and O–H groups in total. The Morgan fingerprint density at radius 1 is 1.38 bits per heavy atom. The summed E-state index contributed by atoms with van der Waals surface area (Å²) in [4.78, 5) is 13.4. The molecule has 24 heavy (non-hydrogen) atoms. The minimum atomic E-state index is -4.63. The van der Waals surface area contributed by atoms with E-state index in [1.807, 2.05) is 0 Å². The molecule has 1 fully saturated rings. The second-order valence-electron chi connectivity index (χ2n) is 6.05. The number of aliphatic hydroxyl groups excluding tert-OH is 1. The molecular weight excluding hydrogens is 328 g/mol. The first kappa shape index (κ1) is 18.5. The van der Waals surface area contributed by atoms with Crippen molar-refractivity contribution in [3.05, 3.63) is 35.1 Å². The number of hydrogen-bond donors (Lipinski definition) is 2. The van der Waals surface area contributed by atoms with E-state index < -0.39 is 24.2 Å². The fraction of sp³-hybridized carbons (Fsp3) is 0.562. The van der Waals surface area contributed by atoms with E-state index in [4.69, 9.17) is 0 Å². The summed E-state index contributed by atoms with van der Waals surface area (Å²) in [6.45, 7) is 2.07. The molecule has 0 radical (unpaired) electrons. The highest BCUT2D eigenvalue weighted by Crippen LogP contribution is 2.31. The molecule has 1 aromatic rings. The van der Waals surface area contributed by atoms with Gasteiger partial charge in [0.05, 0.1) is 0 Å². The summed E-state index contributed by atoms with van der Waals surface area (Å²) in [7, 11) is 0. The maximum Gasteiger partial charge on any atom is 0.414 e. The van der Waals surface area contributed by atoms with E-state index >= 15 is 0 Å². The average Bonchev–Trinajstić information content (AvgIpc) is 2.54. The molecule has 1 aromatic carbocycles. The fourth-order valence-electron chi connectivity index (χ4n) is 2.72. The number of aliphatic hydroxyl groups is 1. The molecule has 1 aliphatic heterocycles. The highest BCUT2D eigenvalue weighted by Gasteiger charge is 2.44. The number of rotatable bonds is 3. The first-order valence-corrected chi connectivity index (χ1v) is 7.71. The lowest BCUT2D eigenvalue weighted by Gasteiger charge is -2.34. The number of likely N-dealkylation sites (tertiary alicyclic amines) is 1. The zero-order valence-electron chi connectivity index (χ0n) is 13.2. The van der Waals surface area contributed by atoms with Gasteiger partial charge in [0.25, 0.3) is 0 Å². The SMILES string of the molecule is Cc1ccc(CNC(=O)N2CCC(C(O)C(F)(F)F)CC2)cc1F. The van der Waals surface area contributed by atoms with Crippen molar-refractivity contribution in [2.75, 3.05) is 13.1 Å². The number of carbonyl (C=O) groups is 1. The molecule has 0 aliphatic carbocycles. The summed E-state index contributed by atoms with van der Waals surface area (Å²) in [5.41, 5.74) is 1.12. The molecule has 2 amide bonds. The number of benzene rings is 1. The third-order valence-electron chi connectivity index (χ3n) is 4.29. The van der Waals surface area contributed by atoms with E-state index in [2.05, 4.69) is 5.32 Å². The maximum absolute atomic E-state index is 13.4. The van der Waals surface area contributed by atoms with E-state index in [-0.39, 0.29) is 38.3 Å². The zero-order chi connectivity index (χ0) is 17.9. The van der Waals surface area contributed by atoms with Gasteiger partial charge in [0, 0.05) is 19.6 Å². The maximum atomic E-state index is 13.4. The predicted octanol–water partition coefficient (Wildman–Crippen LogP) is 2.98. The van der Waals surface area contributed by atoms with Gasteiger partial charge in [-0.15, -0.1) is 0 Å². The van der Waals surface area contributed by atoms with Crippen LogP contribution in [0.5, 0.6) is 0 Å². The number of nitrogens with zero attached hydrogens (tertiary/aromatic N) is 1. The quantitative estimate of drug-likeness (QED) is 0.825. The Bertz CT molecular complexity index is 584. The highest BCUT2D eigenvalue weighted by atomic mass is 19.4. The molecule has 1 saturated heterocycles. The van der Waals surface area contributed by atoms with E-state index in [0.717, 1.165) is 0 Å². The number of urea groups is 1. The van der Waals surface area contributed by atoms with Crippen LogP contribution in [-0.2, 0) is 6.54 Å². The molecule has 0 spiro atoms. The van der Waals surface area contributed by atoms with Gasteiger partial charge in [-0.05, 0) is 42.9 Å². The van der Waals surface area contributed by atoms with Gasteiger partial charge in [-0.2, -0.15) is 13.2 Å². The Morgan fingerprint density at radius 2 is 2.00 bits per heavy atom. The van der Waals surface area contributed by atoms with Crippen molar-refractivity contribution in [3.8, 4) is 0 Å². The number of amides is 2. The Kier molecular flexibility index (Phi) is 5.69. The number of nitrogens with one attached hydrogen (secondary N) is 1. The fourth-order valence-corrected chi connectivity index (χ4v) is 2.72. The second kappa shape index (κ2) is 7.38. The van der Waals surface area contributed by atoms with Crippen LogP contribution in [0, 0.1) is 18.7 Å². The van der Waals surface area contributed by atoms with Crippen molar-refractivity contribution >= 4 is 6.03 Å². The standard InChI is InChI=1S/C16H20F4N2O2/c1-10-2-3-11(8-13(10)17)9-21-15(24)22-6-4-12(5-7-22)14(23)16(18,19)20/h2-3,8,12,14,23H,4-7,9H2,1H3,(H,21,24). The third kappa shape index (κ3) is 4.59. The molecule has 134 valence electrons. The van der Waals surface area contributed by atoms with E-state index in [1.165, 1.54) is 11.0 Å². The number of halogens is 4. The van der Waals surface area contributed by atoms with Gasteiger partial charge in [0.1, 0.15) is 5.82 Å². The Morgan fingerprint density at radius 3 is 2.54 bits per heavy atom. The largest absolute Gasteiger partial charge is 0.414 e. The smallest absolute Gasteiger partial charge is 0.383 e. The average molecular weight is 348 g/mol. The van der Waals surface area contributed by atoms with Crippen LogP contribution in [0.25, 0.3) is 0 Å². The molecule has 0 saturated carbocycles. The minimum absolute atomic E-state index is 0.0905. The van der Waals surface area contributed by atoms with Gasteiger partial charge in [0.15, 0.2) is 6.10 Å². The number of alkyl halides is 3. The minimum Gasteiger partial charge on any atom is -0.383 e. The zero-order valence-corrected chi connectivity index (χ0v) is 13.2. The van der Waals surface area contributed by atoms with Crippen molar-refractivity contribution in [2.45, 2.75) is 38.6 Å². The topological polar surface area (TPSA) is 52.6 Å².